The maximum absolute atomic E-state index is 12.5. The zero-order chi connectivity index (χ0) is 18.6. The van der Waals surface area contributed by atoms with Gasteiger partial charge in [0.15, 0.2) is 0 Å². The average molecular weight is 352 g/mol. The van der Waals surface area contributed by atoms with Gasteiger partial charge >= 0.3 is 6.09 Å². The molecule has 1 aliphatic rings. The number of aryl methyl sites for hydroxylation is 1. The highest BCUT2D eigenvalue weighted by Crippen LogP contribution is 2.23. The van der Waals surface area contributed by atoms with Crippen molar-refractivity contribution in [3.8, 4) is 0 Å². The van der Waals surface area contributed by atoms with E-state index in [1.54, 1.807) is 23.7 Å². The molecule has 1 aliphatic heterocycles. The van der Waals surface area contributed by atoms with Crippen molar-refractivity contribution in [2.45, 2.75) is 45.8 Å². The number of ether oxygens (including phenoxy) is 2. The summed E-state index contributed by atoms with van der Waals surface area (Å²) < 4.78 is 12.0. The van der Waals surface area contributed by atoms with Gasteiger partial charge in [-0.15, -0.1) is 0 Å². The fraction of sp³-hybridized carbons (Fsp3) is 0.706. The summed E-state index contributed by atoms with van der Waals surface area (Å²) in [5, 5.41) is 7.32. The normalized spacial score (nSPS) is 14.2. The number of rotatable bonds is 5. The van der Waals surface area contributed by atoms with Crippen LogP contribution in [0.15, 0.2) is 0 Å². The van der Waals surface area contributed by atoms with Gasteiger partial charge in [-0.2, -0.15) is 5.10 Å². The third-order valence-electron chi connectivity index (χ3n) is 3.87. The summed E-state index contributed by atoms with van der Waals surface area (Å²) in [4.78, 5) is 26.5. The van der Waals surface area contributed by atoms with Crippen molar-refractivity contribution in [2.24, 2.45) is 7.05 Å². The van der Waals surface area contributed by atoms with Gasteiger partial charge in [0.1, 0.15) is 11.3 Å². The van der Waals surface area contributed by atoms with Gasteiger partial charge in [-0.25, -0.2) is 4.79 Å². The molecule has 2 amide bonds. The van der Waals surface area contributed by atoms with Gasteiger partial charge in [0, 0.05) is 45.8 Å². The Morgan fingerprint density at radius 3 is 2.68 bits per heavy atom. The molecule has 0 spiro atoms. The molecule has 1 aromatic heterocycles. The standard InChI is InChI=1S/C17H28N4O4/c1-17(2,3)25-16(23)21-9-7-13-12(11-21)14(20(4)19-13)15(22)18-8-6-10-24-5/h6-11H2,1-5H3,(H,18,22). The third-order valence-corrected chi connectivity index (χ3v) is 3.87. The van der Waals surface area contributed by atoms with Crippen molar-refractivity contribution >= 4 is 12.0 Å². The summed E-state index contributed by atoms with van der Waals surface area (Å²) in [6.45, 7) is 7.50. The van der Waals surface area contributed by atoms with Crippen molar-refractivity contribution in [2.75, 3.05) is 26.8 Å². The molecule has 1 aromatic rings. The number of nitrogens with one attached hydrogen (secondary N) is 1. The Bertz CT molecular complexity index is 633. The van der Waals surface area contributed by atoms with Crippen LogP contribution in [0.3, 0.4) is 0 Å². The van der Waals surface area contributed by atoms with Crippen LogP contribution in [0.2, 0.25) is 0 Å². The van der Waals surface area contributed by atoms with E-state index < -0.39 is 5.60 Å². The van der Waals surface area contributed by atoms with Crippen molar-refractivity contribution in [3.63, 3.8) is 0 Å². The van der Waals surface area contributed by atoms with E-state index in [9.17, 15) is 9.59 Å². The molecule has 140 valence electrons. The number of fused-ring (bicyclic) bond motifs is 1. The molecule has 2 rings (SSSR count). The molecule has 8 heteroatoms. The predicted octanol–water partition coefficient (Wildman–Crippen LogP) is 1.48. The van der Waals surface area contributed by atoms with E-state index in [4.69, 9.17) is 9.47 Å². The van der Waals surface area contributed by atoms with Crippen LogP contribution in [0, 0.1) is 0 Å². The number of carbonyl (C=O) groups excluding carboxylic acids is 2. The number of aromatic nitrogens is 2. The summed E-state index contributed by atoms with van der Waals surface area (Å²) >= 11 is 0. The maximum Gasteiger partial charge on any atom is 0.410 e. The minimum atomic E-state index is -0.548. The Balaban J connectivity index is 2.10. The largest absolute Gasteiger partial charge is 0.444 e. The van der Waals surface area contributed by atoms with Crippen LogP contribution in [0.25, 0.3) is 0 Å². The minimum Gasteiger partial charge on any atom is -0.444 e. The van der Waals surface area contributed by atoms with Gasteiger partial charge in [0.05, 0.1) is 12.2 Å². The zero-order valence-corrected chi connectivity index (χ0v) is 15.7. The number of hydrogen-bond acceptors (Lipinski definition) is 5. The summed E-state index contributed by atoms with van der Waals surface area (Å²) in [5.74, 6) is -0.182. The summed E-state index contributed by atoms with van der Waals surface area (Å²) in [6, 6.07) is 0. The fourth-order valence-electron chi connectivity index (χ4n) is 2.77. The summed E-state index contributed by atoms with van der Waals surface area (Å²) in [5.41, 5.74) is 1.61. The lowest BCUT2D eigenvalue weighted by Gasteiger charge is -2.29. The lowest BCUT2D eigenvalue weighted by atomic mass is 10.1. The molecule has 0 fully saturated rings. The van der Waals surface area contributed by atoms with Crippen LogP contribution in [-0.4, -0.2) is 59.1 Å². The molecule has 0 saturated heterocycles. The molecule has 0 saturated carbocycles. The Morgan fingerprint density at radius 1 is 1.32 bits per heavy atom. The van der Waals surface area contributed by atoms with Crippen molar-refractivity contribution in [1.82, 2.24) is 20.0 Å². The smallest absolute Gasteiger partial charge is 0.410 e. The first kappa shape index (κ1) is 19.2. The van der Waals surface area contributed by atoms with E-state index in [1.807, 2.05) is 20.8 Å². The monoisotopic (exact) mass is 352 g/mol. The average Bonchev–Trinajstić information content (AvgIpc) is 2.84. The SMILES string of the molecule is COCCCNC(=O)c1c2c(nn1C)CCN(C(=O)OC(C)(C)C)C2. The molecule has 0 aliphatic carbocycles. The van der Waals surface area contributed by atoms with Crippen molar-refractivity contribution < 1.29 is 19.1 Å². The highest BCUT2D eigenvalue weighted by atomic mass is 16.6. The van der Waals surface area contributed by atoms with Gasteiger partial charge in [-0.1, -0.05) is 0 Å². The fourth-order valence-corrected chi connectivity index (χ4v) is 2.77. The van der Waals surface area contributed by atoms with E-state index in [0.717, 1.165) is 17.7 Å². The second-order valence-corrected chi connectivity index (χ2v) is 7.15. The molecule has 0 unspecified atom stereocenters. The van der Waals surface area contributed by atoms with Crippen LogP contribution in [0.4, 0.5) is 4.79 Å². The van der Waals surface area contributed by atoms with E-state index >= 15 is 0 Å². The van der Waals surface area contributed by atoms with Gasteiger partial charge in [0.2, 0.25) is 0 Å². The highest BCUT2D eigenvalue weighted by Gasteiger charge is 2.31. The first-order valence-electron chi connectivity index (χ1n) is 8.52. The Morgan fingerprint density at radius 2 is 2.04 bits per heavy atom. The molecule has 2 heterocycles. The molecular weight excluding hydrogens is 324 g/mol. The van der Waals surface area contributed by atoms with Gasteiger partial charge in [-0.05, 0) is 27.2 Å². The van der Waals surface area contributed by atoms with E-state index in [1.165, 1.54) is 0 Å². The highest BCUT2D eigenvalue weighted by molar-refractivity contribution is 5.94. The minimum absolute atomic E-state index is 0.182. The lowest BCUT2D eigenvalue weighted by molar-refractivity contribution is 0.0222. The van der Waals surface area contributed by atoms with Crippen LogP contribution < -0.4 is 5.32 Å². The van der Waals surface area contributed by atoms with Crippen molar-refractivity contribution in [3.05, 3.63) is 17.0 Å². The topological polar surface area (TPSA) is 85.7 Å². The zero-order valence-electron chi connectivity index (χ0n) is 15.7. The Hall–Kier alpha value is -2.09. The third kappa shape index (κ3) is 4.94. The Labute approximate surface area is 148 Å². The molecule has 0 atom stereocenters. The van der Waals surface area contributed by atoms with E-state index in [2.05, 4.69) is 10.4 Å². The number of hydrogen-bond donors (Lipinski definition) is 1. The summed E-state index contributed by atoms with van der Waals surface area (Å²) in [7, 11) is 3.38. The van der Waals surface area contributed by atoms with Crippen LogP contribution in [-0.2, 0) is 29.5 Å². The summed E-state index contributed by atoms with van der Waals surface area (Å²) in [6.07, 6.45) is 0.986. The number of carbonyl (C=O) groups is 2. The van der Waals surface area contributed by atoms with Gasteiger partial charge in [0.25, 0.3) is 5.91 Å². The molecule has 0 bridgehead atoms. The number of amides is 2. The van der Waals surface area contributed by atoms with Crippen LogP contribution >= 0.6 is 0 Å². The van der Waals surface area contributed by atoms with Crippen molar-refractivity contribution in [1.29, 1.82) is 0 Å². The first-order chi connectivity index (χ1) is 11.7. The second-order valence-electron chi connectivity index (χ2n) is 7.15. The molecular formula is C17H28N4O4. The van der Waals surface area contributed by atoms with Crippen LogP contribution in [0.5, 0.6) is 0 Å². The van der Waals surface area contributed by atoms with E-state index in [-0.39, 0.29) is 12.0 Å². The number of nitrogens with zero attached hydrogens (tertiary/aromatic N) is 3. The molecule has 0 radical (unpaired) electrons. The maximum atomic E-state index is 12.5. The van der Waals surface area contributed by atoms with E-state index in [0.29, 0.717) is 38.4 Å². The lowest BCUT2D eigenvalue weighted by Crippen LogP contribution is -2.40. The Kier molecular flexibility index (Phi) is 6.05. The molecule has 0 aromatic carbocycles. The quantitative estimate of drug-likeness (QED) is 0.811. The molecule has 25 heavy (non-hydrogen) atoms. The number of methoxy groups -OCH3 is 1. The molecule has 1 N–H and O–H groups in total. The van der Waals surface area contributed by atoms with Gasteiger partial charge < -0.3 is 19.7 Å². The molecule has 8 nitrogen and oxygen atoms in total. The van der Waals surface area contributed by atoms with Gasteiger partial charge in [-0.3, -0.25) is 9.48 Å². The second kappa shape index (κ2) is 7.86. The van der Waals surface area contributed by atoms with Crippen LogP contribution in [0.1, 0.15) is 48.9 Å². The first-order valence-corrected chi connectivity index (χ1v) is 8.52. The predicted molar refractivity (Wildman–Crippen MR) is 92.4 cm³/mol.